The largest absolute Gasteiger partial charge is 0.485 e. The number of halogens is 2. The van der Waals surface area contributed by atoms with E-state index in [1.165, 1.54) is 19.1 Å². The third kappa shape index (κ3) is 3.87. The van der Waals surface area contributed by atoms with Gasteiger partial charge in [-0.25, -0.2) is 0 Å². The number of benzene rings is 2. The fourth-order valence-corrected chi connectivity index (χ4v) is 3.88. The number of ether oxygens (including phenoxy) is 1. The van der Waals surface area contributed by atoms with E-state index < -0.39 is 23.7 Å². The van der Waals surface area contributed by atoms with E-state index in [2.05, 4.69) is 17.9 Å². The van der Waals surface area contributed by atoms with Crippen molar-refractivity contribution in [1.82, 2.24) is 5.32 Å². The summed E-state index contributed by atoms with van der Waals surface area (Å²) in [4.78, 5) is 25.1. The second-order valence-electron chi connectivity index (χ2n) is 7.20. The van der Waals surface area contributed by atoms with Crippen molar-refractivity contribution in [2.24, 2.45) is 0 Å². The van der Waals surface area contributed by atoms with Crippen molar-refractivity contribution in [3.63, 3.8) is 0 Å². The average Bonchev–Trinajstić information content (AvgIpc) is 2.61. The first-order valence-electron chi connectivity index (χ1n) is 8.52. The molecule has 0 aromatic heterocycles. The molecule has 0 bridgehead atoms. The van der Waals surface area contributed by atoms with Crippen LogP contribution in [0.2, 0.25) is 10.0 Å². The number of amides is 1. The molecule has 2 aromatic rings. The molecule has 2 atom stereocenters. The van der Waals surface area contributed by atoms with Gasteiger partial charge in [-0.05, 0) is 51.1 Å². The first kappa shape index (κ1) is 21.0. The quantitative estimate of drug-likeness (QED) is 0.486. The molecule has 5 nitrogen and oxygen atoms in total. The minimum Gasteiger partial charge on any atom is -0.485 e. The van der Waals surface area contributed by atoms with Crippen LogP contribution < -0.4 is 10.1 Å². The van der Waals surface area contributed by atoms with Crippen LogP contribution in [0.3, 0.4) is 0 Å². The number of carbonyl (C=O) groups excluding carboxylic acids is 2. The fraction of sp³-hybridized carbons (Fsp3) is 0.300. The molecule has 2 aromatic carbocycles. The number of hydrogen-bond donors (Lipinski definition) is 3. The predicted octanol–water partition coefficient (Wildman–Crippen LogP) is 4.49. The topological polar surface area (TPSA) is 75.6 Å². The first-order chi connectivity index (χ1) is 13.0. The summed E-state index contributed by atoms with van der Waals surface area (Å²) in [5, 5.41) is 14.1. The monoisotopic (exact) mass is 439 g/mol. The zero-order valence-corrected chi connectivity index (χ0v) is 17.8. The predicted molar refractivity (Wildman–Crippen MR) is 111 cm³/mol. The Kier molecular flexibility index (Phi) is 5.69. The van der Waals surface area contributed by atoms with Crippen molar-refractivity contribution in [2.75, 3.05) is 0 Å². The van der Waals surface area contributed by atoms with E-state index in [0.29, 0.717) is 26.8 Å². The SMILES string of the molecule is CC(=O)c1ccc2c(c1)[C@H](NC(=O)c1cc(Cl)cc(S)c1Cl)[C@H](O)C(C)(C)O2. The molecule has 0 unspecified atom stereocenters. The molecule has 2 N–H and O–H groups in total. The van der Waals surface area contributed by atoms with Gasteiger partial charge in [0.1, 0.15) is 17.5 Å². The van der Waals surface area contributed by atoms with Gasteiger partial charge in [-0.2, -0.15) is 0 Å². The van der Waals surface area contributed by atoms with Crippen LogP contribution in [0, 0.1) is 0 Å². The van der Waals surface area contributed by atoms with E-state index in [-0.39, 0.29) is 16.4 Å². The molecule has 0 fully saturated rings. The lowest BCUT2D eigenvalue weighted by molar-refractivity contribution is -0.0627. The Morgan fingerprint density at radius 3 is 2.54 bits per heavy atom. The van der Waals surface area contributed by atoms with Gasteiger partial charge in [-0.1, -0.05) is 23.2 Å². The second kappa shape index (κ2) is 7.59. The number of aliphatic hydroxyl groups excluding tert-OH is 1. The maximum atomic E-state index is 12.9. The standard InChI is InChI=1S/C20H19Cl2NO4S/c1-9(24)10-4-5-14-12(6-10)17(18(25)20(2,3)27-14)23-19(26)13-7-11(21)8-15(28)16(13)22/h4-8,17-18,25,28H,1-3H3,(H,23,26)/t17-,18-/m0/s1. The van der Waals surface area contributed by atoms with Crippen molar-refractivity contribution in [1.29, 1.82) is 0 Å². The summed E-state index contributed by atoms with van der Waals surface area (Å²) in [6.07, 6.45) is -1.07. The van der Waals surface area contributed by atoms with Crippen LogP contribution in [0.1, 0.15) is 53.1 Å². The molecular weight excluding hydrogens is 421 g/mol. The zero-order chi connectivity index (χ0) is 20.8. The Balaban J connectivity index is 2.04. The van der Waals surface area contributed by atoms with Gasteiger partial charge in [-0.15, -0.1) is 12.6 Å². The lowest BCUT2D eigenvalue weighted by atomic mass is 9.85. The van der Waals surface area contributed by atoms with Crippen molar-refractivity contribution >= 4 is 47.5 Å². The van der Waals surface area contributed by atoms with E-state index in [0.717, 1.165) is 0 Å². The van der Waals surface area contributed by atoms with Crippen LogP contribution in [0.25, 0.3) is 0 Å². The van der Waals surface area contributed by atoms with Crippen LogP contribution in [0.4, 0.5) is 0 Å². The van der Waals surface area contributed by atoms with Gasteiger partial charge < -0.3 is 15.2 Å². The van der Waals surface area contributed by atoms with Crippen LogP contribution in [-0.2, 0) is 0 Å². The highest BCUT2D eigenvalue weighted by Gasteiger charge is 2.44. The Labute approximate surface area is 178 Å². The number of carbonyl (C=O) groups is 2. The number of rotatable bonds is 3. The highest BCUT2D eigenvalue weighted by molar-refractivity contribution is 7.80. The molecule has 0 aliphatic carbocycles. The molecule has 0 saturated heterocycles. The van der Waals surface area contributed by atoms with E-state index in [1.54, 1.807) is 32.0 Å². The molecule has 1 aliphatic rings. The summed E-state index contributed by atoms with van der Waals surface area (Å²) >= 11 is 16.5. The lowest BCUT2D eigenvalue weighted by Crippen LogP contribution is -2.53. The number of fused-ring (bicyclic) bond motifs is 1. The summed E-state index contributed by atoms with van der Waals surface area (Å²) in [5.74, 6) is -0.175. The van der Waals surface area contributed by atoms with Crippen molar-refractivity contribution < 1.29 is 19.4 Å². The van der Waals surface area contributed by atoms with E-state index >= 15 is 0 Å². The summed E-state index contributed by atoms with van der Waals surface area (Å²) in [5.41, 5.74) is 0.138. The maximum Gasteiger partial charge on any atom is 0.253 e. The molecule has 0 radical (unpaired) electrons. The molecule has 8 heteroatoms. The second-order valence-corrected chi connectivity index (χ2v) is 8.49. The van der Waals surface area contributed by atoms with Gasteiger partial charge in [0.05, 0.1) is 16.6 Å². The third-order valence-electron chi connectivity index (χ3n) is 4.70. The Morgan fingerprint density at radius 1 is 1.21 bits per heavy atom. The normalized spacial score (nSPS) is 20.1. The number of Topliss-reactive ketones (excluding diaryl/α,β-unsaturated/α-hetero) is 1. The summed E-state index contributed by atoms with van der Waals surface area (Å²) < 4.78 is 5.87. The number of aliphatic hydroxyl groups is 1. The fourth-order valence-electron chi connectivity index (χ4n) is 3.13. The molecule has 1 aliphatic heterocycles. The summed E-state index contributed by atoms with van der Waals surface area (Å²) in [6.45, 7) is 4.88. The summed E-state index contributed by atoms with van der Waals surface area (Å²) in [7, 11) is 0. The molecular formula is C20H19Cl2NO4S. The van der Waals surface area contributed by atoms with Crippen molar-refractivity contribution in [3.8, 4) is 5.75 Å². The highest BCUT2D eigenvalue weighted by Crippen LogP contribution is 2.41. The number of ketones is 1. The van der Waals surface area contributed by atoms with Gasteiger partial charge in [0.15, 0.2) is 5.78 Å². The Hall–Kier alpha value is -1.73. The molecule has 28 heavy (non-hydrogen) atoms. The number of nitrogens with one attached hydrogen (secondary N) is 1. The van der Waals surface area contributed by atoms with Crippen LogP contribution in [0.15, 0.2) is 35.2 Å². The van der Waals surface area contributed by atoms with Gasteiger partial charge in [-0.3, -0.25) is 9.59 Å². The summed E-state index contributed by atoms with van der Waals surface area (Å²) in [6, 6.07) is 7.08. The Bertz CT molecular complexity index is 977. The van der Waals surface area contributed by atoms with Gasteiger partial charge in [0, 0.05) is 21.0 Å². The smallest absolute Gasteiger partial charge is 0.253 e. The third-order valence-corrected chi connectivity index (χ3v) is 5.81. The van der Waals surface area contributed by atoms with Crippen molar-refractivity contribution in [3.05, 3.63) is 57.1 Å². The van der Waals surface area contributed by atoms with E-state index in [1.807, 2.05) is 0 Å². The Morgan fingerprint density at radius 2 is 1.89 bits per heavy atom. The lowest BCUT2D eigenvalue weighted by Gasteiger charge is -2.42. The van der Waals surface area contributed by atoms with Gasteiger partial charge >= 0.3 is 0 Å². The average molecular weight is 440 g/mol. The van der Waals surface area contributed by atoms with E-state index in [9.17, 15) is 14.7 Å². The van der Waals surface area contributed by atoms with Gasteiger partial charge in [0.25, 0.3) is 5.91 Å². The minimum absolute atomic E-state index is 0.134. The molecule has 1 heterocycles. The maximum absolute atomic E-state index is 12.9. The van der Waals surface area contributed by atoms with Crippen LogP contribution in [-0.4, -0.2) is 28.5 Å². The van der Waals surface area contributed by atoms with Crippen LogP contribution >= 0.6 is 35.8 Å². The molecule has 148 valence electrons. The van der Waals surface area contributed by atoms with Crippen LogP contribution in [0.5, 0.6) is 5.75 Å². The number of hydrogen-bond acceptors (Lipinski definition) is 5. The molecule has 0 spiro atoms. The highest BCUT2D eigenvalue weighted by atomic mass is 35.5. The first-order valence-corrected chi connectivity index (χ1v) is 9.72. The zero-order valence-electron chi connectivity index (χ0n) is 15.4. The molecule has 0 saturated carbocycles. The van der Waals surface area contributed by atoms with Gasteiger partial charge in [0.2, 0.25) is 0 Å². The number of thiol groups is 1. The van der Waals surface area contributed by atoms with E-state index in [4.69, 9.17) is 27.9 Å². The van der Waals surface area contributed by atoms with Crippen molar-refractivity contribution in [2.45, 2.75) is 43.4 Å². The molecule has 3 rings (SSSR count). The molecule has 1 amide bonds. The minimum atomic E-state index is -1.07.